The van der Waals surface area contributed by atoms with Crippen molar-refractivity contribution in [2.45, 2.75) is 43.1 Å². The number of aliphatic hydroxyl groups is 1. The van der Waals surface area contributed by atoms with E-state index in [0.29, 0.717) is 18.1 Å². The van der Waals surface area contributed by atoms with Gasteiger partial charge >= 0.3 is 0 Å². The van der Waals surface area contributed by atoms with E-state index in [1.54, 1.807) is 12.4 Å². The van der Waals surface area contributed by atoms with Gasteiger partial charge < -0.3 is 19.9 Å². The summed E-state index contributed by atoms with van der Waals surface area (Å²) in [5.74, 6) is 1.05. The molecule has 1 amide bonds. The number of aromatic nitrogens is 2. The minimum absolute atomic E-state index is 0.239. The second-order valence-corrected chi connectivity index (χ2v) is 5.85. The number of carbonyl (C=O) groups excluding carboxylic acids is 1. The molecule has 1 saturated carbocycles. The Morgan fingerprint density at radius 2 is 1.90 bits per heavy atom. The van der Waals surface area contributed by atoms with Gasteiger partial charge in [0, 0.05) is 18.3 Å². The van der Waals surface area contributed by atoms with Crippen LogP contribution in [-0.2, 0) is 9.47 Å². The van der Waals surface area contributed by atoms with E-state index < -0.39 is 6.10 Å². The van der Waals surface area contributed by atoms with Gasteiger partial charge in [0.15, 0.2) is 0 Å². The summed E-state index contributed by atoms with van der Waals surface area (Å²) in [7, 11) is 0. The van der Waals surface area contributed by atoms with Crippen molar-refractivity contribution in [2.75, 3.05) is 13.2 Å². The third-order valence-corrected chi connectivity index (χ3v) is 4.22. The van der Waals surface area contributed by atoms with Gasteiger partial charge in [0.25, 0.3) is 5.91 Å². The topological polar surface area (TPSA) is 93.6 Å². The average molecular weight is 291 g/mol. The first kappa shape index (κ1) is 13.1. The number of amides is 1. The maximum Gasteiger partial charge on any atom is 0.254 e. The van der Waals surface area contributed by atoms with Gasteiger partial charge in [-0.3, -0.25) is 4.79 Å². The molecular formula is C14H17N3O4. The lowest BCUT2D eigenvalue weighted by Crippen LogP contribution is -2.44. The predicted octanol–water partition coefficient (Wildman–Crippen LogP) is -0.389. The van der Waals surface area contributed by atoms with Crippen molar-refractivity contribution in [3.63, 3.8) is 0 Å². The molecule has 2 saturated heterocycles. The number of ether oxygens (including phenoxy) is 2. The molecule has 21 heavy (non-hydrogen) atoms. The largest absolute Gasteiger partial charge is 0.388 e. The van der Waals surface area contributed by atoms with Crippen LogP contribution in [0.1, 0.15) is 34.9 Å². The van der Waals surface area contributed by atoms with Crippen LogP contribution in [0.15, 0.2) is 12.4 Å². The Morgan fingerprint density at radius 1 is 1.19 bits per heavy atom. The van der Waals surface area contributed by atoms with Crippen LogP contribution in [0.4, 0.5) is 0 Å². The van der Waals surface area contributed by atoms with Gasteiger partial charge in [-0.05, 0) is 12.8 Å². The monoisotopic (exact) mass is 291 g/mol. The third-order valence-electron chi connectivity index (χ3n) is 4.22. The molecule has 0 spiro atoms. The summed E-state index contributed by atoms with van der Waals surface area (Å²) in [5, 5.41) is 12.5. The Hall–Kier alpha value is -1.57. The molecule has 3 heterocycles. The minimum Gasteiger partial charge on any atom is -0.388 e. The zero-order valence-corrected chi connectivity index (χ0v) is 11.4. The fourth-order valence-corrected chi connectivity index (χ4v) is 2.86. The molecule has 0 radical (unpaired) electrons. The van der Waals surface area contributed by atoms with E-state index in [-0.39, 0.29) is 30.8 Å². The predicted molar refractivity (Wildman–Crippen MR) is 70.7 cm³/mol. The molecule has 2 N–H and O–H groups in total. The van der Waals surface area contributed by atoms with Crippen LogP contribution >= 0.6 is 0 Å². The summed E-state index contributed by atoms with van der Waals surface area (Å²) in [6.45, 7) is 0.597. The number of nitrogens with zero attached hydrogens (tertiary/aromatic N) is 2. The lowest BCUT2D eigenvalue weighted by atomic mass is 10.1. The number of aliphatic hydroxyl groups excluding tert-OH is 1. The summed E-state index contributed by atoms with van der Waals surface area (Å²) in [4.78, 5) is 20.7. The van der Waals surface area contributed by atoms with Crippen molar-refractivity contribution in [2.24, 2.45) is 0 Å². The summed E-state index contributed by atoms with van der Waals surface area (Å²) < 4.78 is 11.0. The van der Waals surface area contributed by atoms with Crippen LogP contribution in [0.5, 0.6) is 0 Å². The van der Waals surface area contributed by atoms with Crippen LogP contribution in [0, 0.1) is 0 Å². The van der Waals surface area contributed by atoms with Crippen molar-refractivity contribution in [1.29, 1.82) is 0 Å². The molecule has 7 heteroatoms. The zero-order valence-electron chi connectivity index (χ0n) is 11.4. The molecule has 0 aromatic carbocycles. The Kier molecular flexibility index (Phi) is 3.13. The SMILES string of the molecule is O=C(N[C@H]1CO[C@H]2[C@@H]1OC[C@H]2O)c1cnc(C2CC2)nc1. The molecule has 0 unspecified atom stereocenters. The number of hydrogen-bond acceptors (Lipinski definition) is 6. The molecule has 1 aromatic heterocycles. The van der Waals surface area contributed by atoms with Crippen LogP contribution in [0.3, 0.4) is 0 Å². The Bertz CT molecular complexity index is 546. The Morgan fingerprint density at radius 3 is 2.62 bits per heavy atom. The highest BCUT2D eigenvalue weighted by atomic mass is 16.6. The Labute approximate surface area is 121 Å². The van der Waals surface area contributed by atoms with Crippen molar-refractivity contribution in [3.8, 4) is 0 Å². The van der Waals surface area contributed by atoms with Crippen molar-refractivity contribution in [3.05, 3.63) is 23.8 Å². The lowest BCUT2D eigenvalue weighted by Gasteiger charge is -2.17. The highest BCUT2D eigenvalue weighted by molar-refractivity contribution is 5.93. The van der Waals surface area contributed by atoms with E-state index in [2.05, 4.69) is 15.3 Å². The summed E-state index contributed by atoms with van der Waals surface area (Å²) in [6, 6.07) is -0.247. The highest BCUT2D eigenvalue weighted by Crippen LogP contribution is 2.37. The fourth-order valence-electron chi connectivity index (χ4n) is 2.86. The molecule has 3 fully saturated rings. The van der Waals surface area contributed by atoms with Gasteiger partial charge in [-0.25, -0.2) is 9.97 Å². The van der Waals surface area contributed by atoms with E-state index >= 15 is 0 Å². The van der Waals surface area contributed by atoms with Crippen molar-refractivity contribution < 1.29 is 19.4 Å². The fraction of sp³-hybridized carbons (Fsp3) is 0.643. The molecule has 1 aliphatic carbocycles. The van der Waals surface area contributed by atoms with Gasteiger partial charge in [0.1, 0.15) is 24.1 Å². The number of fused-ring (bicyclic) bond motifs is 1. The first-order valence-corrected chi connectivity index (χ1v) is 7.26. The Balaban J connectivity index is 1.41. The summed E-state index contributed by atoms with van der Waals surface area (Å²) in [6.07, 6.45) is 4.15. The maximum absolute atomic E-state index is 12.2. The van der Waals surface area contributed by atoms with Crippen LogP contribution < -0.4 is 5.32 Å². The van der Waals surface area contributed by atoms with Gasteiger partial charge in [0.05, 0.1) is 24.8 Å². The quantitative estimate of drug-likeness (QED) is 0.788. The van der Waals surface area contributed by atoms with Gasteiger partial charge in [-0.15, -0.1) is 0 Å². The molecule has 3 aliphatic rings. The number of carbonyl (C=O) groups is 1. The maximum atomic E-state index is 12.2. The molecule has 0 bridgehead atoms. The number of hydrogen-bond donors (Lipinski definition) is 2. The highest BCUT2D eigenvalue weighted by Gasteiger charge is 2.47. The normalized spacial score (nSPS) is 34.7. The van der Waals surface area contributed by atoms with Gasteiger partial charge in [-0.1, -0.05) is 0 Å². The number of rotatable bonds is 3. The molecule has 7 nitrogen and oxygen atoms in total. The first-order valence-electron chi connectivity index (χ1n) is 7.26. The summed E-state index contributed by atoms with van der Waals surface area (Å²) in [5.41, 5.74) is 0.432. The first-order chi connectivity index (χ1) is 10.2. The molecule has 2 aliphatic heterocycles. The van der Waals surface area contributed by atoms with Crippen molar-refractivity contribution in [1.82, 2.24) is 15.3 Å². The minimum atomic E-state index is -0.613. The standard InChI is InChI=1S/C14H17N3O4/c18-10-6-21-11-9(5-20-12(10)11)17-14(19)8-3-15-13(16-4-8)7-1-2-7/h3-4,7,9-12,18H,1-2,5-6H2,(H,17,19)/t9-,10+,11+,12+/m0/s1. The van der Waals surface area contributed by atoms with Crippen LogP contribution in [0.25, 0.3) is 0 Å². The number of nitrogens with one attached hydrogen (secondary N) is 1. The molecule has 112 valence electrons. The van der Waals surface area contributed by atoms with E-state index in [4.69, 9.17) is 9.47 Å². The van der Waals surface area contributed by atoms with E-state index in [9.17, 15) is 9.90 Å². The van der Waals surface area contributed by atoms with E-state index in [1.807, 2.05) is 0 Å². The summed E-state index contributed by atoms with van der Waals surface area (Å²) >= 11 is 0. The molecular weight excluding hydrogens is 274 g/mol. The van der Waals surface area contributed by atoms with Gasteiger partial charge in [-0.2, -0.15) is 0 Å². The molecule has 4 atom stereocenters. The zero-order chi connectivity index (χ0) is 14.4. The molecule has 1 aromatic rings. The van der Waals surface area contributed by atoms with Crippen LogP contribution in [-0.4, -0.2) is 58.5 Å². The van der Waals surface area contributed by atoms with Gasteiger partial charge in [0.2, 0.25) is 0 Å². The molecule has 4 rings (SSSR count). The second-order valence-electron chi connectivity index (χ2n) is 5.85. The second kappa shape index (κ2) is 5.01. The van der Waals surface area contributed by atoms with E-state index in [0.717, 1.165) is 18.7 Å². The third kappa shape index (κ3) is 2.41. The van der Waals surface area contributed by atoms with Crippen molar-refractivity contribution >= 4 is 5.91 Å². The van der Waals surface area contributed by atoms with E-state index in [1.165, 1.54) is 0 Å². The average Bonchev–Trinajstić information content (AvgIpc) is 3.18. The smallest absolute Gasteiger partial charge is 0.254 e. The lowest BCUT2D eigenvalue weighted by molar-refractivity contribution is 0.0178. The van der Waals surface area contributed by atoms with Crippen LogP contribution in [0.2, 0.25) is 0 Å².